The number of aromatic nitrogens is 1. The number of nitrogens with zero attached hydrogens (tertiary/aromatic N) is 1. The van der Waals surface area contributed by atoms with Crippen LogP contribution in [0.3, 0.4) is 0 Å². The Hall–Kier alpha value is -2.79. The Bertz CT molecular complexity index is 917. The van der Waals surface area contributed by atoms with Crippen molar-refractivity contribution in [3.63, 3.8) is 0 Å². The summed E-state index contributed by atoms with van der Waals surface area (Å²) in [7, 11) is 1.32. The molecule has 0 aliphatic rings. The number of aryl methyl sites for hydroxylation is 2. The molecular formula is C19H17ClN2O3. The van der Waals surface area contributed by atoms with Gasteiger partial charge in [-0.05, 0) is 43.2 Å². The fourth-order valence-electron chi connectivity index (χ4n) is 2.46. The fourth-order valence-corrected chi connectivity index (χ4v) is 2.59. The molecule has 3 aromatic rings. The molecule has 1 aromatic heterocycles. The molecule has 0 unspecified atom stereocenters. The molecule has 0 saturated carbocycles. The number of hydrogen-bond donors (Lipinski definition) is 1. The predicted octanol–water partition coefficient (Wildman–Crippen LogP) is 5.14. The van der Waals surface area contributed by atoms with Crippen molar-refractivity contribution >= 4 is 29.1 Å². The zero-order valence-corrected chi connectivity index (χ0v) is 14.8. The summed E-state index contributed by atoms with van der Waals surface area (Å²) in [5.41, 5.74) is 4.30. The molecule has 0 saturated heterocycles. The molecule has 6 heteroatoms. The van der Waals surface area contributed by atoms with Gasteiger partial charge >= 0.3 is 5.97 Å². The van der Waals surface area contributed by atoms with Crippen LogP contribution in [0.2, 0.25) is 5.02 Å². The van der Waals surface area contributed by atoms with Crippen LogP contribution in [-0.4, -0.2) is 18.2 Å². The first-order chi connectivity index (χ1) is 12.0. The average Bonchev–Trinajstić information content (AvgIpc) is 3.01. The minimum atomic E-state index is -0.529. The van der Waals surface area contributed by atoms with Crippen molar-refractivity contribution in [1.82, 2.24) is 5.16 Å². The molecule has 0 spiro atoms. The molecule has 0 aliphatic heterocycles. The third-order valence-corrected chi connectivity index (χ3v) is 4.09. The molecule has 25 heavy (non-hydrogen) atoms. The average molecular weight is 357 g/mol. The van der Waals surface area contributed by atoms with E-state index in [1.165, 1.54) is 7.11 Å². The summed E-state index contributed by atoms with van der Waals surface area (Å²) < 4.78 is 10.3. The molecule has 0 fully saturated rings. The summed E-state index contributed by atoms with van der Waals surface area (Å²) in [5.74, 6) is -0.287. The lowest BCUT2D eigenvalue weighted by atomic mass is 10.1. The lowest BCUT2D eigenvalue weighted by Crippen LogP contribution is -2.05. The summed E-state index contributed by atoms with van der Waals surface area (Å²) in [6, 6.07) is 13.0. The number of ether oxygens (including phenoxy) is 1. The Morgan fingerprint density at radius 1 is 1.16 bits per heavy atom. The van der Waals surface area contributed by atoms with E-state index in [4.69, 9.17) is 20.9 Å². The largest absolute Gasteiger partial charge is 0.465 e. The Morgan fingerprint density at radius 2 is 1.88 bits per heavy atom. The number of carbonyl (C=O) groups is 1. The first-order valence-electron chi connectivity index (χ1n) is 7.68. The standard InChI is InChI=1S/C19H17ClN2O3/c1-11-4-5-12(2)15(10-11)21-18-16(19(23)24-3)17(22-25-18)13-6-8-14(20)9-7-13/h4-10,21H,1-3H3. The maximum atomic E-state index is 12.3. The maximum absolute atomic E-state index is 12.3. The maximum Gasteiger partial charge on any atom is 0.345 e. The van der Waals surface area contributed by atoms with Gasteiger partial charge in [0.2, 0.25) is 5.88 Å². The number of halogens is 1. The Morgan fingerprint density at radius 3 is 2.56 bits per heavy atom. The van der Waals surface area contributed by atoms with E-state index in [0.717, 1.165) is 16.8 Å². The van der Waals surface area contributed by atoms with Crippen molar-refractivity contribution in [2.75, 3.05) is 12.4 Å². The zero-order chi connectivity index (χ0) is 18.0. The van der Waals surface area contributed by atoms with Crippen LogP contribution in [0.15, 0.2) is 47.0 Å². The molecule has 0 aliphatic carbocycles. The monoisotopic (exact) mass is 356 g/mol. The smallest absolute Gasteiger partial charge is 0.345 e. The van der Waals surface area contributed by atoms with Crippen LogP contribution >= 0.6 is 11.6 Å². The summed E-state index contributed by atoms with van der Waals surface area (Å²) in [6.45, 7) is 3.96. The molecule has 1 N–H and O–H groups in total. The summed E-state index contributed by atoms with van der Waals surface area (Å²) in [5, 5.41) is 7.79. The van der Waals surface area contributed by atoms with E-state index in [9.17, 15) is 4.79 Å². The summed E-state index contributed by atoms with van der Waals surface area (Å²) in [6.07, 6.45) is 0. The Kier molecular flexibility index (Phi) is 4.76. The summed E-state index contributed by atoms with van der Waals surface area (Å²) in [4.78, 5) is 12.3. The van der Waals surface area contributed by atoms with Gasteiger partial charge in [0.25, 0.3) is 0 Å². The Labute approximate surface area is 150 Å². The molecule has 0 radical (unpaired) electrons. The summed E-state index contributed by atoms with van der Waals surface area (Å²) >= 11 is 5.93. The molecule has 128 valence electrons. The number of anilines is 2. The van der Waals surface area contributed by atoms with Gasteiger partial charge in [-0.25, -0.2) is 4.79 Å². The SMILES string of the molecule is COC(=O)c1c(-c2ccc(Cl)cc2)noc1Nc1cc(C)ccc1C. The quantitative estimate of drug-likeness (QED) is 0.655. The van der Waals surface area contributed by atoms with Crippen molar-refractivity contribution in [1.29, 1.82) is 0 Å². The number of rotatable bonds is 4. The molecule has 0 amide bonds. The Balaban J connectivity index is 2.07. The predicted molar refractivity (Wildman–Crippen MR) is 97.5 cm³/mol. The van der Waals surface area contributed by atoms with Crippen LogP contribution in [0.5, 0.6) is 0 Å². The van der Waals surface area contributed by atoms with Gasteiger partial charge < -0.3 is 14.6 Å². The minimum absolute atomic E-state index is 0.241. The van der Waals surface area contributed by atoms with Gasteiger partial charge in [-0.15, -0.1) is 0 Å². The highest BCUT2D eigenvalue weighted by Crippen LogP contribution is 2.33. The van der Waals surface area contributed by atoms with Gasteiger partial charge in [-0.2, -0.15) is 0 Å². The van der Waals surface area contributed by atoms with Gasteiger partial charge in [0.05, 0.1) is 7.11 Å². The van der Waals surface area contributed by atoms with Crippen LogP contribution < -0.4 is 5.32 Å². The number of benzene rings is 2. The van der Waals surface area contributed by atoms with Crippen molar-refractivity contribution in [3.05, 3.63) is 64.2 Å². The van der Waals surface area contributed by atoms with Crippen LogP contribution in [0, 0.1) is 13.8 Å². The fraction of sp³-hybridized carbons (Fsp3) is 0.158. The van der Waals surface area contributed by atoms with Gasteiger partial charge in [0, 0.05) is 16.3 Å². The molecule has 5 nitrogen and oxygen atoms in total. The first kappa shape index (κ1) is 17.0. The van der Waals surface area contributed by atoms with Crippen molar-refractivity contribution in [2.45, 2.75) is 13.8 Å². The van der Waals surface area contributed by atoms with Crippen LogP contribution in [-0.2, 0) is 4.74 Å². The molecule has 0 atom stereocenters. The second kappa shape index (κ2) is 6.99. The van der Waals surface area contributed by atoms with Crippen molar-refractivity contribution in [3.8, 4) is 11.3 Å². The van der Waals surface area contributed by atoms with E-state index in [2.05, 4.69) is 10.5 Å². The van der Waals surface area contributed by atoms with E-state index in [0.29, 0.717) is 16.3 Å². The lowest BCUT2D eigenvalue weighted by molar-refractivity contribution is 0.0602. The highest BCUT2D eigenvalue weighted by atomic mass is 35.5. The second-order valence-corrected chi connectivity index (χ2v) is 6.11. The van der Waals surface area contributed by atoms with Crippen LogP contribution in [0.1, 0.15) is 21.5 Å². The van der Waals surface area contributed by atoms with Gasteiger partial charge in [-0.1, -0.05) is 41.0 Å². The van der Waals surface area contributed by atoms with E-state index >= 15 is 0 Å². The third-order valence-electron chi connectivity index (χ3n) is 3.84. The van der Waals surface area contributed by atoms with Crippen LogP contribution in [0.25, 0.3) is 11.3 Å². The molecule has 0 bridgehead atoms. The van der Waals surface area contributed by atoms with Gasteiger partial charge in [0.15, 0.2) is 5.56 Å². The molecule has 3 rings (SSSR count). The lowest BCUT2D eigenvalue weighted by Gasteiger charge is -2.09. The number of hydrogen-bond acceptors (Lipinski definition) is 5. The highest BCUT2D eigenvalue weighted by molar-refractivity contribution is 6.30. The second-order valence-electron chi connectivity index (χ2n) is 5.68. The van der Waals surface area contributed by atoms with Crippen molar-refractivity contribution < 1.29 is 14.1 Å². The van der Waals surface area contributed by atoms with E-state index in [1.54, 1.807) is 24.3 Å². The third kappa shape index (κ3) is 3.51. The number of nitrogens with one attached hydrogen (secondary N) is 1. The molecular weight excluding hydrogens is 340 g/mol. The van der Waals surface area contributed by atoms with E-state index in [1.807, 2.05) is 32.0 Å². The minimum Gasteiger partial charge on any atom is -0.465 e. The first-order valence-corrected chi connectivity index (χ1v) is 8.05. The van der Waals surface area contributed by atoms with E-state index < -0.39 is 5.97 Å². The van der Waals surface area contributed by atoms with Gasteiger partial charge in [0.1, 0.15) is 5.69 Å². The van der Waals surface area contributed by atoms with Gasteiger partial charge in [-0.3, -0.25) is 0 Å². The van der Waals surface area contributed by atoms with E-state index in [-0.39, 0.29) is 11.4 Å². The highest BCUT2D eigenvalue weighted by Gasteiger charge is 2.25. The number of methoxy groups -OCH3 is 1. The van der Waals surface area contributed by atoms with Crippen LogP contribution in [0.4, 0.5) is 11.6 Å². The number of esters is 1. The zero-order valence-electron chi connectivity index (χ0n) is 14.1. The molecule has 2 aromatic carbocycles. The normalized spacial score (nSPS) is 10.6. The van der Waals surface area contributed by atoms with Crippen molar-refractivity contribution in [2.24, 2.45) is 0 Å². The number of carbonyl (C=O) groups excluding carboxylic acids is 1. The topological polar surface area (TPSA) is 64.4 Å². The molecule has 1 heterocycles.